The molecule has 1 aliphatic carbocycles. The van der Waals surface area contributed by atoms with Gasteiger partial charge in [-0.3, -0.25) is 4.79 Å². The van der Waals surface area contributed by atoms with Crippen LogP contribution in [0.1, 0.15) is 37.3 Å². The van der Waals surface area contributed by atoms with Gasteiger partial charge in [-0.2, -0.15) is 13.2 Å². The zero-order chi connectivity index (χ0) is 22.6. The molecule has 1 amide bonds. The molecule has 3 aromatic rings. The highest BCUT2D eigenvalue weighted by atomic mass is 19.4. The van der Waals surface area contributed by atoms with E-state index < -0.39 is 22.8 Å². The Hall–Kier alpha value is -3.00. The second-order valence-electron chi connectivity index (χ2n) is 9.02. The van der Waals surface area contributed by atoms with Gasteiger partial charge in [-0.1, -0.05) is 18.2 Å². The number of H-pyrrole nitrogens is 1. The number of rotatable bonds is 5. The van der Waals surface area contributed by atoms with Crippen molar-refractivity contribution in [1.29, 1.82) is 0 Å². The Kier molecular flexibility index (Phi) is 4.74. The van der Waals surface area contributed by atoms with Crippen molar-refractivity contribution in [3.63, 3.8) is 0 Å². The number of carbonyl (C=O) groups is 1. The minimum atomic E-state index is -4.45. The Balaban J connectivity index is 1.46. The van der Waals surface area contributed by atoms with Crippen LogP contribution >= 0.6 is 0 Å². The summed E-state index contributed by atoms with van der Waals surface area (Å²) in [6.45, 7) is 3.15. The molecule has 8 heteroatoms. The van der Waals surface area contributed by atoms with Crippen molar-refractivity contribution < 1.29 is 22.7 Å². The normalized spacial score (nSPS) is 19.1. The fraction of sp³-hybridized carbons (Fsp3) is 0.375. The van der Waals surface area contributed by atoms with Crippen LogP contribution in [0.15, 0.2) is 48.7 Å². The van der Waals surface area contributed by atoms with Crippen LogP contribution in [0.3, 0.4) is 0 Å². The molecule has 2 fully saturated rings. The quantitative estimate of drug-likeness (QED) is 0.508. The number of fused-ring (bicyclic) bond motifs is 1. The minimum Gasteiger partial charge on any atom is -0.483 e. The van der Waals surface area contributed by atoms with E-state index in [0.29, 0.717) is 37.4 Å². The summed E-state index contributed by atoms with van der Waals surface area (Å²) >= 11 is 0. The molecular formula is C24H24F3N3O2. The lowest BCUT2D eigenvalue weighted by Gasteiger charge is -2.43. The Morgan fingerprint density at radius 1 is 1.12 bits per heavy atom. The maximum absolute atomic E-state index is 13.6. The van der Waals surface area contributed by atoms with Crippen molar-refractivity contribution in [2.75, 3.05) is 18.4 Å². The maximum Gasteiger partial charge on any atom is 0.416 e. The number of benzene rings is 2. The number of anilines is 1. The molecule has 1 aliphatic heterocycles. The molecule has 32 heavy (non-hydrogen) atoms. The first-order chi connectivity index (χ1) is 15.2. The average molecular weight is 443 g/mol. The van der Waals surface area contributed by atoms with Gasteiger partial charge in [0.15, 0.2) is 0 Å². The highest BCUT2D eigenvalue weighted by Gasteiger charge is 2.47. The highest BCUT2D eigenvalue weighted by molar-refractivity contribution is 6.04. The largest absolute Gasteiger partial charge is 0.483 e. The van der Waals surface area contributed by atoms with E-state index in [4.69, 9.17) is 4.74 Å². The molecule has 3 N–H and O–H groups in total. The molecule has 1 saturated carbocycles. The fourth-order valence-electron chi connectivity index (χ4n) is 4.48. The minimum absolute atomic E-state index is 0.0713. The van der Waals surface area contributed by atoms with Crippen molar-refractivity contribution >= 4 is 22.5 Å². The number of hydrogen-bond acceptors (Lipinski definition) is 3. The number of carbonyl (C=O) groups excluding carboxylic acids is 1. The van der Waals surface area contributed by atoms with Crippen LogP contribution < -0.4 is 15.4 Å². The zero-order valence-corrected chi connectivity index (χ0v) is 17.6. The average Bonchev–Trinajstić information content (AvgIpc) is 3.10. The Bertz CT molecular complexity index is 1180. The van der Waals surface area contributed by atoms with E-state index in [1.54, 1.807) is 24.4 Å². The number of amides is 1. The molecule has 2 heterocycles. The van der Waals surface area contributed by atoms with Crippen LogP contribution in [-0.2, 0) is 16.6 Å². The lowest BCUT2D eigenvalue weighted by atomic mass is 9.73. The number of halogens is 3. The first kappa shape index (κ1) is 20.9. The standard InChI is InChI=1S/C24H24F3N3O2/c1-22(13-28-14-22)21(31)30-20-12-29-19-8-7-15(11-16(19)20)32-23(9-4-10-23)17-5-2-3-6-18(17)24(25,26)27/h2-3,5-8,11-12,28-29H,4,9-10,13-14H2,1H3,(H,30,31). The molecule has 0 spiro atoms. The smallest absolute Gasteiger partial charge is 0.416 e. The number of ether oxygens (including phenoxy) is 1. The fourth-order valence-corrected chi connectivity index (χ4v) is 4.48. The summed E-state index contributed by atoms with van der Waals surface area (Å²) < 4.78 is 47.2. The second-order valence-corrected chi connectivity index (χ2v) is 9.02. The summed E-state index contributed by atoms with van der Waals surface area (Å²) in [4.78, 5) is 15.8. The van der Waals surface area contributed by atoms with Crippen LogP contribution in [0, 0.1) is 5.41 Å². The molecule has 168 valence electrons. The Morgan fingerprint density at radius 2 is 1.88 bits per heavy atom. The van der Waals surface area contributed by atoms with Crippen LogP contribution in [-0.4, -0.2) is 24.0 Å². The molecule has 1 aromatic heterocycles. The van der Waals surface area contributed by atoms with E-state index in [9.17, 15) is 18.0 Å². The highest BCUT2D eigenvalue weighted by Crippen LogP contribution is 2.49. The van der Waals surface area contributed by atoms with E-state index in [0.717, 1.165) is 23.4 Å². The molecule has 2 aliphatic rings. The van der Waals surface area contributed by atoms with E-state index >= 15 is 0 Å². The Labute approximate surface area is 183 Å². The second kappa shape index (κ2) is 7.27. The summed E-state index contributed by atoms with van der Waals surface area (Å²) in [5.41, 5.74) is -0.506. The summed E-state index contributed by atoms with van der Waals surface area (Å²) in [5.74, 6) is 0.402. The molecule has 0 unspecified atom stereocenters. The van der Waals surface area contributed by atoms with Gasteiger partial charge in [0.1, 0.15) is 11.4 Å². The summed E-state index contributed by atoms with van der Waals surface area (Å²) in [6, 6.07) is 11.0. The monoisotopic (exact) mass is 443 g/mol. The van der Waals surface area contributed by atoms with Gasteiger partial charge in [0.05, 0.1) is 16.7 Å². The van der Waals surface area contributed by atoms with Crippen molar-refractivity contribution in [2.24, 2.45) is 5.41 Å². The topological polar surface area (TPSA) is 66.2 Å². The predicted octanol–water partition coefficient (Wildman–Crippen LogP) is 5.19. The molecular weight excluding hydrogens is 419 g/mol. The van der Waals surface area contributed by atoms with Crippen molar-refractivity contribution in [3.05, 3.63) is 59.8 Å². The van der Waals surface area contributed by atoms with Crippen LogP contribution in [0.4, 0.5) is 18.9 Å². The van der Waals surface area contributed by atoms with Crippen LogP contribution in [0.5, 0.6) is 5.75 Å². The van der Waals surface area contributed by atoms with Crippen LogP contribution in [0.2, 0.25) is 0 Å². The third kappa shape index (κ3) is 3.43. The summed E-state index contributed by atoms with van der Waals surface area (Å²) in [7, 11) is 0. The number of aromatic nitrogens is 1. The van der Waals surface area contributed by atoms with Gasteiger partial charge in [0, 0.05) is 35.8 Å². The summed E-state index contributed by atoms with van der Waals surface area (Å²) in [6.07, 6.45) is -0.899. The SMILES string of the molecule is CC1(C(=O)Nc2c[nH]c3ccc(OC4(c5ccccc5C(F)(F)F)CCC4)cc23)CNC1. The molecule has 0 radical (unpaired) electrons. The molecule has 2 aromatic carbocycles. The Morgan fingerprint density at radius 3 is 2.50 bits per heavy atom. The number of hydrogen-bond donors (Lipinski definition) is 3. The van der Waals surface area contributed by atoms with Crippen molar-refractivity contribution in [1.82, 2.24) is 10.3 Å². The van der Waals surface area contributed by atoms with Crippen LogP contribution in [0.25, 0.3) is 10.9 Å². The van der Waals surface area contributed by atoms with Gasteiger partial charge >= 0.3 is 6.18 Å². The van der Waals surface area contributed by atoms with Gasteiger partial charge in [-0.15, -0.1) is 0 Å². The van der Waals surface area contributed by atoms with Crippen molar-refractivity contribution in [3.8, 4) is 5.75 Å². The molecule has 5 rings (SSSR count). The molecule has 0 atom stereocenters. The van der Waals surface area contributed by atoms with E-state index in [2.05, 4.69) is 15.6 Å². The van der Waals surface area contributed by atoms with Gasteiger partial charge < -0.3 is 20.4 Å². The van der Waals surface area contributed by atoms with Gasteiger partial charge in [0.25, 0.3) is 0 Å². The first-order valence-electron chi connectivity index (χ1n) is 10.7. The number of nitrogens with one attached hydrogen (secondary N) is 3. The lowest BCUT2D eigenvalue weighted by molar-refractivity contribution is -0.141. The third-order valence-corrected chi connectivity index (χ3v) is 6.68. The predicted molar refractivity (Wildman–Crippen MR) is 116 cm³/mol. The molecule has 5 nitrogen and oxygen atoms in total. The van der Waals surface area contributed by atoms with Gasteiger partial charge in [-0.05, 0) is 50.5 Å². The lowest BCUT2D eigenvalue weighted by Crippen LogP contribution is -2.57. The molecule has 1 saturated heterocycles. The zero-order valence-electron chi connectivity index (χ0n) is 17.6. The van der Waals surface area contributed by atoms with E-state index in [-0.39, 0.29) is 11.5 Å². The maximum atomic E-state index is 13.6. The third-order valence-electron chi connectivity index (χ3n) is 6.68. The van der Waals surface area contributed by atoms with E-state index in [1.165, 1.54) is 12.1 Å². The number of alkyl halides is 3. The van der Waals surface area contributed by atoms with Gasteiger partial charge in [-0.25, -0.2) is 0 Å². The molecule has 0 bridgehead atoms. The van der Waals surface area contributed by atoms with Gasteiger partial charge in [0.2, 0.25) is 5.91 Å². The number of aromatic amines is 1. The first-order valence-corrected chi connectivity index (χ1v) is 10.7. The van der Waals surface area contributed by atoms with Crippen molar-refractivity contribution in [2.45, 2.75) is 38.0 Å². The summed E-state index contributed by atoms with van der Waals surface area (Å²) in [5, 5.41) is 6.84. The van der Waals surface area contributed by atoms with E-state index in [1.807, 2.05) is 13.0 Å².